The molecule has 3 heterocycles. The number of aromatic nitrogens is 5. The van der Waals surface area contributed by atoms with Gasteiger partial charge in [-0.15, -0.1) is 21.5 Å². The summed E-state index contributed by atoms with van der Waals surface area (Å²) in [4.78, 5) is 21.5. The van der Waals surface area contributed by atoms with E-state index in [1.807, 2.05) is 67.0 Å². The number of anilines is 1. The first-order chi connectivity index (χ1) is 13.5. The van der Waals surface area contributed by atoms with Gasteiger partial charge in [-0.1, -0.05) is 42.1 Å². The molecule has 1 atom stereocenters. The van der Waals surface area contributed by atoms with E-state index in [1.54, 1.807) is 0 Å². The summed E-state index contributed by atoms with van der Waals surface area (Å²) in [6.45, 7) is 5.73. The highest BCUT2D eigenvalue weighted by Crippen LogP contribution is 2.27. The molecule has 7 nitrogen and oxygen atoms in total. The van der Waals surface area contributed by atoms with Crippen molar-refractivity contribution in [2.75, 3.05) is 5.32 Å². The molecule has 0 aliphatic carbocycles. The summed E-state index contributed by atoms with van der Waals surface area (Å²) in [5.74, 6) is 0.411. The number of thiazole rings is 1. The average Bonchev–Trinajstić information content (AvgIpc) is 3.29. The van der Waals surface area contributed by atoms with E-state index in [4.69, 9.17) is 0 Å². The third-order valence-electron chi connectivity index (χ3n) is 4.12. The van der Waals surface area contributed by atoms with Crippen LogP contribution in [0.3, 0.4) is 0 Å². The number of fused-ring (bicyclic) bond motifs is 1. The van der Waals surface area contributed by atoms with Gasteiger partial charge in [-0.3, -0.25) is 9.20 Å². The molecule has 0 aliphatic rings. The molecular weight excluding hydrogens is 392 g/mol. The van der Waals surface area contributed by atoms with E-state index >= 15 is 0 Å². The summed E-state index contributed by atoms with van der Waals surface area (Å²) >= 11 is 2.75. The van der Waals surface area contributed by atoms with Gasteiger partial charge in [0.1, 0.15) is 0 Å². The first-order valence-electron chi connectivity index (χ1n) is 8.69. The summed E-state index contributed by atoms with van der Waals surface area (Å²) in [5.41, 5.74) is 3.74. The van der Waals surface area contributed by atoms with Crippen molar-refractivity contribution in [2.45, 2.75) is 31.2 Å². The van der Waals surface area contributed by atoms with E-state index in [1.165, 1.54) is 23.1 Å². The number of nitrogens with one attached hydrogen (secondary N) is 1. The molecule has 0 fully saturated rings. The van der Waals surface area contributed by atoms with Crippen LogP contribution in [0.5, 0.6) is 0 Å². The van der Waals surface area contributed by atoms with Crippen LogP contribution in [0.2, 0.25) is 0 Å². The Morgan fingerprint density at radius 3 is 2.75 bits per heavy atom. The highest BCUT2D eigenvalue weighted by molar-refractivity contribution is 8.00. The Kier molecular flexibility index (Phi) is 5.10. The lowest BCUT2D eigenvalue weighted by atomic mass is 10.2. The highest BCUT2D eigenvalue weighted by Gasteiger charge is 2.20. The maximum Gasteiger partial charge on any atom is 0.256 e. The van der Waals surface area contributed by atoms with Gasteiger partial charge in [0.15, 0.2) is 10.3 Å². The predicted molar refractivity (Wildman–Crippen MR) is 112 cm³/mol. The first-order valence-corrected chi connectivity index (χ1v) is 10.4. The molecule has 4 rings (SSSR count). The van der Waals surface area contributed by atoms with Crippen LogP contribution in [0.4, 0.5) is 5.13 Å². The number of carbonyl (C=O) groups is 1. The van der Waals surface area contributed by atoms with E-state index in [0.29, 0.717) is 16.1 Å². The van der Waals surface area contributed by atoms with Gasteiger partial charge in [0.25, 0.3) is 5.78 Å². The van der Waals surface area contributed by atoms with Crippen molar-refractivity contribution in [3.63, 3.8) is 0 Å². The molecule has 142 valence electrons. The van der Waals surface area contributed by atoms with Gasteiger partial charge in [-0.25, -0.2) is 9.97 Å². The monoisotopic (exact) mass is 410 g/mol. The molecular formula is C19H18N6OS2. The SMILES string of the molecule is Cc1cc(C)n2c(SC(C)C(=O)Nc3nc(-c4ccccc4)cs3)nnc2n1. The van der Waals surface area contributed by atoms with Crippen LogP contribution in [-0.4, -0.2) is 35.7 Å². The molecule has 0 saturated heterocycles. The fourth-order valence-electron chi connectivity index (χ4n) is 2.77. The van der Waals surface area contributed by atoms with Crippen molar-refractivity contribution >= 4 is 39.9 Å². The number of thioether (sulfide) groups is 1. The second-order valence-corrected chi connectivity index (χ2v) is 8.48. The number of aryl methyl sites for hydroxylation is 2. The summed E-state index contributed by atoms with van der Waals surface area (Å²) in [5, 5.41) is 14.0. The van der Waals surface area contributed by atoms with Crippen LogP contribution in [-0.2, 0) is 4.79 Å². The lowest BCUT2D eigenvalue weighted by Gasteiger charge is -2.10. The van der Waals surface area contributed by atoms with Gasteiger partial charge in [-0.2, -0.15) is 0 Å². The smallest absolute Gasteiger partial charge is 0.256 e. The van der Waals surface area contributed by atoms with E-state index in [0.717, 1.165) is 22.6 Å². The quantitative estimate of drug-likeness (QED) is 0.501. The van der Waals surface area contributed by atoms with Crippen LogP contribution >= 0.6 is 23.1 Å². The molecule has 0 saturated carbocycles. The second kappa shape index (κ2) is 7.69. The van der Waals surface area contributed by atoms with E-state index in [2.05, 4.69) is 25.5 Å². The minimum Gasteiger partial charge on any atom is -0.301 e. The second-order valence-electron chi connectivity index (χ2n) is 6.31. The Labute approximate surface area is 170 Å². The maximum absolute atomic E-state index is 12.6. The summed E-state index contributed by atoms with van der Waals surface area (Å²) in [6.07, 6.45) is 0. The predicted octanol–water partition coefficient (Wildman–Crippen LogP) is 3.98. The Morgan fingerprint density at radius 2 is 1.96 bits per heavy atom. The molecule has 9 heteroatoms. The Balaban J connectivity index is 1.47. The zero-order valence-corrected chi connectivity index (χ0v) is 17.2. The maximum atomic E-state index is 12.6. The number of hydrogen-bond acceptors (Lipinski definition) is 7. The van der Waals surface area contributed by atoms with Gasteiger partial charge in [0, 0.05) is 22.3 Å². The van der Waals surface area contributed by atoms with Crippen molar-refractivity contribution in [1.82, 2.24) is 24.6 Å². The van der Waals surface area contributed by atoms with Gasteiger partial charge >= 0.3 is 0 Å². The van der Waals surface area contributed by atoms with Crippen molar-refractivity contribution in [1.29, 1.82) is 0 Å². The fourth-order valence-corrected chi connectivity index (χ4v) is 4.39. The van der Waals surface area contributed by atoms with Crippen LogP contribution in [0.15, 0.2) is 46.9 Å². The zero-order chi connectivity index (χ0) is 19.7. The summed E-state index contributed by atoms with van der Waals surface area (Å²) < 4.78 is 1.86. The highest BCUT2D eigenvalue weighted by atomic mass is 32.2. The van der Waals surface area contributed by atoms with Gasteiger partial charge in [-0.05, 0) is 26.8 Å². The molecule has 1 unspecified atom stereocenters. The number of carbonyl (C=O) groups excluding carboxylic acids is 1. The van der Waals surface area contributed by atoms with Crippen molar-refractivity contribution < 1.29 is 4.79 Å². The molecule has 1 aromatic carbocycles. The first kappa shape index (κ1) is 18.6. The van der Waals surface area contributed by atoms with E-state index < -0.39 is 0 Å². The van der Waals surface area contributed by atoms with Crippen LogP contribution < -0.4 is 5.32 Å². The van der Waals surface area contributed by atoms with Crippen molar-refractivity contribution in [2.24, 2.45) is 0 Å². The Morgan fingerprint density at radius 1 is 1.18 bits per heavy atom. The Hall–Kier alpha value is -2.78. The molecule has 1 N–H and O–H groups in total. The normalized spacial score (nSPS) is 12.2. The minimum absolute atomic E-state index is 0.131. The minimum atomic E-state index is -0.364. The molecule has 0 aliphatic heterocycles. The summed E-state index contributed by atoms with van der Waals surface area (Å²) in [7, 11) is 0. The number of nitrogens with zero attached hydrogens (tertiary/aromatic N) is 5. The van der Waals surface area contributed by atoms with Crippen molar-refractivity contribution in [3.8, 4) is 11.3 Å². The zero-order valence-electron chi connectivity index (χ0n) is 15.6. The fraction of sp³-hybridized carbons (Fsp3) is 0.211. The lowest BCUT2D eigenvalue weighted by molar-refractivity contribution is -0.115. The van der Waals surface area contributed by atoms with Crippen LogP contribution in [0.1, 0.15) is 18.3 Å². The van der Waals surface area contributed by atoms with Gasteiger partial charge < -0.3 is 5.32 Å². The molecule has 1 amide bonds. The summed E-state index contributed by atoms with van der Waals surface area (Å²) in [6, 6.07) is 11.8. The molecule has 0 bridgehead atoms. The number of rotatable bonds is 5. The third kappa shape index (κ3) is 3.76. The van der Waals surface area contributed by atoms with Crippen LogP contribution in [0.25, 0.3) is 17.0 Å². The third-order valence-corrected chi connectivity index (χ3v) is 5.92. The molecule has 0 radical (unpaired) electrons. The number of benzene rings is 1. The largest absolute Gasteiger partial charge is 0.301 e. The lowest BCUT2D eigenvalue weighted by Crippen LogP contribution is -2.22. The molecule has 3 aromatic heterocycles. The average molecular weight is 411 g/mol. The number of amides is 1. The van der Waals surface area contributed by atoms with Gasteiger partial charge in [0.2, 0.25) is 5.91 Å². The van der Waals surface area contributed by atoms with Crippen LogP contribution in [0, 0.1) is 13.8 Å². The molecule has 0 spiro atoms. The topological polar surface area (TPSA) is 85.1 Å². The Bertz CT molecular complexity index is 1140. The van der Waals surface area contributed by atoms with E-state index in [-0.39, 0.29) is 11.2 Å². The number of hydrogen-bond donors (Lipinski definition) is 1. The van der Waals surface area contributed by atoms with Gasteiger partial charge in [0.05, 0.1) is 10.9 Å². The molecule has 28 heavy (non-hydrogen) atoms. The van der Waals surface area contributed by atoms with E-state index in [9.17, 15) is 4.79 Å². The van der Waals surface area contributed by atoms with Crippen molar-refractivity contribution in [3.05, 3.63) is 53.2 Å². The standard InChI is InChI=1S/C19H18N6OS2/c1-11-9-12(2)25-17(20-11)23-24-19(25)28-13(3)16(26)22-18-21-15(10-27-18)14-7-5-4-6-8-14/h4-10,13H,1-3H3,(H,21,22,26). The molecule has 4 aromatic rings.